The number of anilines is 1. The summed E-state index contributed by atoms with van der Waals surface area (Å²) >= 11 is 3.07. The predicted octanol–water partition coefficient (Wildman–Crippen LogP) is 4.23. The summed E-state index contributed by atoms with van der Waals surface area (Å²) < 4.78 is 5.71. The summed E-state index contributed by atoms with van der Waals surface area (Å²) in [6, 6.07) is 9.69. The van der Waals surface area contributed by atoms with Gasteiger partial charge in [0, 0.05) is 10.4 Å². The number of hydrogen-bond donors (Lipinski definition) is 1. The van der Waals surface area contributed by atoms with E-state index in [1.807, 2.05) is 37.3 Å². The molecule has 6 nitrogen and oxygen atoms in total. The maximum atomic E-state index is 6.11. The van der Waals surface area contributed by atoms with Gasteiger partial charge in [-0.05, 0) is 31.5 Å². The summed E-state index contributed by atoms with van der Waals surface area (Å²) in [4.78, 5) is 11.1. The number of rotatable bonds is 4. The lowest BCUT2D eigenvalue weighted by Crippen LogP contribution is -1.96. The first-order valence-electron chi connectivity index (χ1n) is 7.65. The molecule has 3 heterocycles. The Morgan fingerprint density at radius 3 is 2.72 bits per heavy atom. The lowest BCUT2D eigenvalue weighted by atomic mass is 10.2. The van der Waals surface area contributed by atoms with Crippen molar-refractivity contribution in [2.24, 2.45) is 0 Å². The Bertz CT molecular complexity index is 1040. The highest BCUT2D eigenvalue weighted by Gasteiger charge is 2.14. The fraction of sp³-hybridized carbons (Fsp3) is 0.176. The number of thiophene rings is 1. The largest absolute Gasteiger partial charge is 0.420 e. The first kappa shape index (κ1) is 16.0. The number of hydrogen-bond acceptors (Lipinski definition) is 8. The molecule has 0 bridgehead atoms. The summed E-state index contributed by atoms with van der Waals surface area (Å²) in [5, 5.41) is 9.75. The van der Waals surface area contributed by atoms with E-state index in [4.69, 9.17) is 10.2 Å². The van der Waals surface area contributed by atoms with E-state index in [1.54, 1.807) is 11.3 Å². The van der Waals surface area contributed by atoms with Gasteiger partial charge < -0.3 is 10.2 Å². The minimum Gasteiger partial charge on any atom is -0.420 e. The van der Waals surface area contributed by atoms with Gasteiger partial charge in [-0.3, -0.25) is 0 Å². The number of fused-ring (bicyclic) bond motifs is 1. The molecule has 25 heavy (non-hydrogen) atoms. The van der Waals surface area contributed by atoms with E-state index in [9.17, 15) is 0 Å². The molecule has 0 spiro atoms. The van der Waals surface area contributed by atoms with Crippen LogP contribution in [0.4, 0.5) is 5.82 Å². The van der Waals surface area contributed by atoms with E-state index in [-0.39, 0.29) is 0 Å². The topological polar surface area (TPSA) is 90.7 Å². The van der Waals surface area contributed by atoms with E-state index < -0.39 is 0 Å². The first-order valence-corrected chi connectivity index (χ1v) is 9.46. The predicted molar refractivity (Wildman–Crippen MR) is 101 cm³/mol. The van der Waals surface area contributed by atoms with Gasteiger partial charge in [-0.25, -0.2) is 9.97 Å². The van der Waals surface area contributed by atoms with E-state index in [0.717, 1.165) is 21.3 Å². The molecule has 0 aliphatic heterocycles. The lowest BCUT2D eigenvalue weighted by Gasteiger charge is -2.01. The standard InChI is InChI=1S/C17H15N5OS2/c1-9-10(2)25-16-13(9)14(18)19-17(20-16)24-8-12-21-22-15(23-12)11-6-4-3-5-7-11/h3-7H,8H2,1-2H3,(H2,18,19,20). The van der Waals surface area contributed by atoms with Crippen molar-refractivity contribution in [1.82, 2.24) is 20.2 Å². The third kappa shape index (κ3) is 3.10. The van der Waals surface area contributed by atoms with Gasteiger partial charge in [0.05, 0.1) is 11.1 Å². The first-order chi connectivity index (χ1) is 12.1. The van der Waals surface area contributed by atoms with Crippen LogP contribution in [0, 0.1) is 13.8 Å². The Kier molecular flexibility index (Phi) is 4.14. The number of nitrogens with zero attached hydrogens (tertiary/aromatic N) is 4. The van der Waals surface area contributed by atoms with E-state index in [2.05, 4.69) is 27.1 Å². The molecule has 0 unspecified atom stereocenters. The minimum atomic E-state index is 0.494. The van der Waals surface area contributed by atoms with Crippen molar-refractivity contribution in [1.29, 1.82) is 0 Å². The summed E-state index contributed by atoms with van der Waals surface area (Å²) in [7, 11) is 0. The smallest absolute Gasteiger partial charge is 0.247 e. The third-order valence-corrected chi connectivity index (χ3v) is 5.78. The van der Waals surface area contributed by atoms with Crippen LogP contribution in [0.15, 0.2) is 39.9 Å². The molecule has 4 aromatic rings. The Hall–Kier alpha value is -2.45. The molecule has 0 saturated heterocycles. The Morgan fingerprint density at radius 2 is 1.92 bits per heavy atom. The maximum Gasteiger partial charge on any atom is 0.247 e. The van der Waals surface area contributed by atoms with Crippen molar-refractivity contribution in [3.05, 3.63) is 46.7 Å². The molecule has 3 aromatic heterocycles. The normalized spacial score (nSPS) is 11.3. The number of benzene rings is 1. The minimum absolute atomic E-state index is 0.494. The molecule has 0 atom stereocenters. The molecule has 1 aromatic carbocycles. The third-order valence-electron chi connectivity index (χ3n) is 3.85. The van der Waals surface area contributed by atoms with Gasteiger partial charge in [-0.1, -0.05) is 30.0 Å². The SMILES string of the molecule is Cc1sc2nc(SCc3nnc(-c4ccccc4)o3)nc(N)c2c1C. The molecule has 0 amide bonds. The van der Waals surface area contributed by atoms with Crippen LogP contribution < -0.4 is 5.73 Å². The second kappa shape index (κ2) is 6.45. The Morgan fingerprint density at radius 1 is 1.12 bits per heavy atom. The molecule has 4 rings (SSSR count). The molecule has 8 heteroatoms. The zero-order chi connectivity index (χ0) is 17.4. The monoisotopic (exact) mass is 369 g/mol. The second-order valence-corrected chi connectivity index (χ2v) is 7.66. The zero-order valence-electron chi connectivity index (χ0n) is 13.7. The number of nitrogens with two attached hydrogens (primary N) is 1. The van der Waals surface area contributed by atoms with E-state index in [1.165, 1.54) is 16.6 Å². The van der Waals surface area contributed by atoms with Crippen LogP contribution in [-0.2, 0) is 5.75 Å². The van der Waals surface area contributed by atoms with Gasteiger partial charge in [-0.15, -0.1) is 21.5 Å². The van der Waals surface area contributed by atoms with Crippen LogP contribution in [-0.4, -0.2) is 20.2 Å². The lowest BCUT2D eigenvalue weighted by molar-refractivity contribution is 0.528. The van der Waals surface area contributed by atoms with Crippen molar-refractivity contribution in [2.75, 3.05) is 5.73 Å². The van der Waals surface area contributed by atoms with Crippen molar-refractivity contribution < 1.29 is 4.42 Å². The maximum absolute atomic E-state index is 6.11. The summed E-state index contributed by atoms with van der Waals surface area (Å²) in [5.74, 6) is 2.06. The molecular formula is C17H15N5OS2. The van der Waals surface area contributed by atoms with Gasteiger partial charge >= 0.3 is 0 Å². The quantitative estimate of drug-likeness (QED) is 0.425. The van der Waals surface area contributed by atoms with Crippen molar-refractivity contribution in [3.63, 3.8) is 0 Å². The second-order valence-electron chi connectivity index (χ2n) is 5.51. The number of aromatic nitrogens is 4. The number of aryl methyl sites for hydroxylation is 2. The summed E-state index contributed by atoms with van der Waals surface area (Å²) in [5.41, 5.74) is 8.16. The molecule has 0 aliphatic rings. The van der Waals surface area contributed by atoms with Crippen LogP contribution in [0.5, 0.6) is 0 Å². The van der Waals surface area contributed by atoms with Crippen LogP contribution in [0.2, 0.25) is 0 Å². The molecule has 0 radical (unpaired) electrons. The fourth-order valence-electron chi connectivity index (χ4n) is 2.46. The number of thioether (sulfide) groups is 1. The highest BCUT2D eigenvalue weighted by atomic mass is 32.2. The Labute approximate surface area is 152 Å². The fourth-order valence-corrected chi connectivity index (χ4v) is 4.24. The highest BCUT2D eigenvalue weighted by Crippen LogP contribution is 2.34. The van der Waals surface area contributed by atoms with Crippen LogP contribution in [0.3, 0.4) is 0 Å². The van der Waals surface area contributed by atoms with Gasteiger partial charge in [0.1, 0.15) is 10.6 Å². The van der Waals surface area contributed by atoms with Gasteiger partial charge in [0.2, 0.25) is 11.8 Å². The summed E-state index contributed by atoms with van der Waals surface area (Å²) in [6.07, 6.45) is 0. The van der Waals surface area contributed by atoms with Gasteiger partial charge in [0.15, 0.2) is 5.16 Å². The van der Waals surface area contributed by atoms with Crippen LogP contribution in [0.25, 0.3) is 21.7 Å². The molecule has 0 aliphatic carbocycles. The van der Waals surface area contributed by atoms with E-state index >= 15 is 0 Å². The van der Waals surface area contributed by atoms with Gasteiger partial charge in [0.25, 0.3) is 0 Å². The van der Waals surface area contributed by atoms with Crippen LogP contribution >= 0.6 is 23.1 Å². The van der Waals surface area contributed by atoms with Crippen LogP contribution in [0.1, 0.15) is 16.3 Å². The van der Waals surface area contributed by atoms with Crippen molar-refractivity contribution in [2.45, 2.75) is 24.8 Å². The zero-order valence-corrected chi connectivity index (χ0v) is 15.3. The molecule has 0 saturated carbocycles. The Balaban J connectivity index is 1.54. The van der Waals surface area contributed by atoms with Gasteiger partial charge in [-0.2, -0.15) is 0 Å². The average molecular weight is 369 g/mol. The van der Waals surface area contributed by atoms with Crippen molar-refractivity contribution >= 4 is 39.1 Å². The molecule has 2 N–H and O–H groups in total. The number of nitrogen functional groups attached to an aromatic ring is 1. The average Bonchev–Trinajstić information content (AvgIpc) is 3.19. The van der Waals surface area contributed by atoms with Crippen molar-refractivity contribution in [3.8, 4) is 11.5 Å². The summed E-state index contributed by atoms with van der Waals surface area (Å²) in [6.45, 7) is 4.11. The highest BCUT2D eigenvalue weighted by molar-refractivity contribution is 7.98. The molecular weight excluding hydrogens is 354 g/mol. The van der Waals surface area contributed by atoms with E-state index in [0.29, 0.717) is 28.5 Å². The molecule has 0 fully saturated rings. The molecule has 126 valence electrons.